The van der Waals surface area contributed by atoms with Crippen LogP contribution in [-0.4, -0.2) is 34.2 Å². The van der Waals surface area contributed by atoms with E-state index in [0.29, 0.717) is 13.2 Å². The van der Waals surface area contributed by atoms with Gasteiger partial charge in [0.2, 0.25) is 0 Å². The Hall–Kier alpha value is -2.28. The maximum absolute atomic E-state index is 12.2. The van der Waals surface area contributed by atoms with E-state index in [0.717, 1.165) is 11.1 Å². The Labute approximate surface area is 152 Å². The van der Waals surface area contributed by atoms with E-state index in [2.05, 4.69) is 4.98 Å². The fourth-order valence-corrected chi connectivity index (χ4v) is 3.56. The van der Waals surface area contributed by atoms with Crippen molar-refractivity contribution in [3.63, 3.8) is 0 Å². The molecule has 0 N–H and O–H groups in total. The first-order chi connectivity index (χ1) is 12.5. The van der Waals surface area contributed by atoms with Gasteiger partial charge < -0.3 is 14.2 Å². The van der Waals surface area contributed by atoms with Crippen molar-refractivity contribution < 1.29 is 14.2 Å². The van der Waals surface area contributed by atoms with Crippen LogP contribution in [0, 0.1) is 0 Å². The van der Waals surface area contributed by atoms with Gasteiger partial charge in [0.1, 0.15) is 12.2 Å². The lowest BCUT2D eigenvalue weighted by Gasteiger charge is -2.21. The van der Waals surface area contributed by atoms with Crippen molar-refractivity contribution in [2.24, 2.45) is 0 Å². The molecule has 6 nitrogen and oxygen atoms in total. The van der Waals surface area contributed by atoms with Gasteiger partial charge in [-0.15, -0.1) is 0 Å². The van der Waals surface area contributed by atoms with Gasteiger partial charge in [-0.1, -0.05) is 36.4 Å². The number of nitrogens with zero attached hydrogens (tertiary/aromatic N) is 2. The molecule has 0 saturated carbocycles. The summed E-state index contributed by atoms with van der Waals surface area (Å²) in [5.41, 5.74) is 1.82. The smallest absolute Gasteiger partial charge is 0.348 e. The van der Waals surface area contributed by atoms with Gasteiger partial charge in [-0.05, 0) is 31.1 Å². The van der Waals surface area contributed by atoms with Gasteiger partial charge in [0.05, 0.1) is 19.3 Å². The number of hydrogen-bond acceptors (Lipinski definition) is 5. The topological polar surface area (TPSA) is 62.6 Å². The number of rotatable bonds is 5. The fraction of sp³-hybridized carbons (Fsp3) is 0.400. The van der Waals surface area contributed by atoms with E-state index in [9.17, 15) is 4.79 Å². The Bertz CT molecular complexity index is 859. The average molecular weight is 354 g/mol. The second kappa shape index (κ2) is 6.79. The third-order valence-electron chi connectivity index (χ3n) is 4.66. The molecule has 2 aliphatic rings. The van der Waals surface area contributed by atoms with E-state index in [1.54, 1.807) is 16.8 Å². The summed E-state index contributed by atoms with van der Waals surface area (Å²) in [7, 11) is 0. The van der Waals surface area contributed by atoms with Crippen molar-refractivity contribution >= 4 is 0 Å². The molecule has 1 aromatic carbocycles. The maximum atomic E-state index is 12.2. The molecular weight excluding hydrogens is 332 g/mol. The van der Waals surface area contributed by atoms with Crippen LogP contribution in [-0.2, 0) is 20.8 Å². The molecule has 136 valence electrons. The summed E-state index contributed by atoms with van der Waals surface area (Å²) in [5, 5.41) is 0. The third kappa shape index (κ3) is 3.35. The number of hydrogen-bond donors (Lipinski definition) is 0. The molecule has 0 spiro atoms. The highest BCUT2D eigenvalue weighted by molar-refractivity contribution is 5.26. The first kappa shape index (κ1) is 17.1. The average Bonchev–Trinajstić information content (AvgIpc) is 3.10. The van der Waals surface area contributed by atoms with Crippen LogP contribution in [0.5, 0.6) is 0 Å². The Morgan fingerprint density at radius 2 is 1.96 bits per heavy atom. The molecule has 2 heterocycles. The highest BCUT2D eigenvalue weighted by atomic mass is 16.8. The highest BCUT2D eigenvalue weighted by Gasteiger charge is 2.50. The fourth-order valence-electron chi connectivity index (χ4n) is 3.56. The molecule has 0 radical (unpaired) electrons. The zero-order valence-corrected chi connectivity index (χ0v) is 14.9. The predicted molar refractivity (Wildman–Crippen MR) is 95.5 cm³/mol. The lowest BCUT2D eigenvalue weighted by Crippen LogP contribution is -2.34. The summed E-state index contributed by atoms with van der Waals surface area (Å²) in [6.45, 7) is 4.73. The molecule has 26 heavy (non-hydrogen) atoms. The van der Waals surface area contributed by atoms with Crippen LogP contribution in [0.4, 0.5) is 0 Å². The molecule has 3 atom stereocenters. The van der Waals surface area contributed by atoms with Crippen LogP contribution in [0.1, 0.15) is 25.5 Å². The van der Waals surface area contributed by atoms with Crippen LogP contribution in [0.25, 0.3) is 0 Å². The van der Waals surface area contributed by atoms with E-state index in [1.165, 1.54) is 6.20 Å². The maximum Gasteiger partial charge on any atom is 0.348 e. The number of ether oxygens (including phenoxy) is 3. The normalized spacial score (nSPS) is 26.5. The van der Waals surface area contributed by atoms with Gasteiger partial charge in [-0.2, -0.15) is 0 Å². The summed E-state index contributed by atoms with van der Waals surface area (Å²) in [6, 6.07) is 11.5. The van der Waals surface area contributed by atoms with Crippen molar-refractivity contribution in [2.75, 3.05) is 6.61 Å². The quantitative estimate of drug-likeness (QED) is 0.772. The molecule has 1 saturated heterocycles. The molecule has 6 heteroatoms. The van der Waals surface area contributed by atoms with Crippen LogP contribution < -0.4 is 5.69 Å². The van der Waals surface area contributed by atoms with Crippen molar-refractivity contribution in [3.8, 4) is 0 Å². The minimum Gasteiger partial charge on any atom is -0.372 e. The Balaban J connectivity index is 1.54. The zero-order chi connectivity index (χ0) is 18.1. The van der Waals surface area contributed by atoms with Crippen molar-refractivity contribution in [3.05, 3.63) is 76.5 Å². The molecule has 4 rings (SSSR count). The second-order valence-electron chi connectivity index (χ2n) is 7.04. The SMILES string of the molecule is CC1(C)O[C@@H]2[C@H](O1)C(COCc1ccccc1)=C[C@H]2n1cccnc1=O. The van der Waals surface area contributed by atoms with Gasteiger partial charge in [0, 0.05) is 12.4 Å². The van der Waals surface area contributed by atoms with Gasteiger partial charge in [0.25, 0.3) is 0 Å². The number of benzene rings is 1. The molecule has 2 aromatic rings. The summed E-state index contributed by atoms with van der Waals surface area (Å²) >= 11 is 0. The summed E-state index contributed by atoms with van der Waals surface area (Å²) < 4.78 is 19.6. The van der Waals surface area contributed by atoms with Crippen LogP contribution in [0.15, 0.2) is 65.2 Å². The van der Waals surface area contributed by atoms with Crippen LogP contribution in [0.2, 0.25) is 0 Å². The molecule has 1 fully saturated rings. The highest BCUT2D eigenvalue weighted by Crippen LogP contribution is 2.42. The monoisotopic (exact) mass is 354 g/mol. The first-order valence-corrected chi connectivity index (χ1v) is 8.74. The van der Waals surface area contributed by atoms with Crippen molar-refractivity contribution in [1.29, 1.82) is 0 Å². The van der Waals surface area contributed by atoms with E-state index in [1.807, 2.05) is 50.3 Å². The van der Waals surface area contributed by atoms with Crippen LogP contribution >= 0.6 is 0 Å². The van der Waals surface area contributed by atoms with Gasteiger partial charge >= 0.3 is 5.69 Å². The number of fused-ring (bicyclic) bond motifs is 1. The van der Waals surface area contributed by atoms with E-state index in [-0.39, 0.29) is 23.9 Å². The predicted octanol–water partition coefficient (Wildman–Crippen LogP) is 2.46. The van der Waals surface area contributed by atoms with E-state index >= 15 is 0 Å². The third-order valence-corrected chi connectivity index (χ3v) is 4.66. The van der Waals surface area contributed by atoms with Crippen molar-refractivity contribution in [2.45, 2.75) is 44.5 Å². The molecule has 0 bridgehead atoms. The van der Waals surface area contributed by atoms with E-state index < -0.39 is 5.79 Å². The molecule has 1 aromatic heterocycles. The summed E-state index contributed by atoms with van der Waals surface area (Å²) in [4.78, 5) is 16.0. The molecule has 1 aliphatic carbocycles. The Kier molecular flexibility index (Phi) is 4.48. The summed E-state index contributed by atoms with van der Waals surface area (Å²) in [6.07, 6.45) is 4.75. The standard InChI is InChI=1S/C20H22N2O4/c1-20(2)25-17-15(13-24-12-14-7-4-3-5-8-14)11-16(18(17)26-20)22-10-6-9-21-19(22)23/h3-11,16-18H,12-13H2,1-2H3/t16-,17-,18+/m1/s1. The minimum absolute atomic E-state index is 0.224. The van der Waals surface area contributed by atoms with Crippen molar-refractivity contribution in [1.82, 2.24) is 9.55 Å². The van der Waals surface area contributed by atoms with E-state index in [4.69, 9.17) is 14.2 Å². The minimum atomic E-state index is -0.696. The largest absolute Gasteiger partial charge is 0.372 e. The lowest BCUT2D eigenvalue weighted by molar-refractivity contribution is -0.148. The van der Waals surface area contributed by atoms with Gasteiger partial charge in [0.15, 0.2) is 5.79 Å². The first-order valence-electron chi connectivity index (χ1n) is 8.74. The molecule has 1 aliphatic heterocycles. The lowest BCUT2D eigenvalue weighted by atomic mass is 10.1. The molecule has 0 unspecified atom stereocenters. The number of aromatic nitrogens is 2. The molecular formula is C20H22N2O4. The molecule has 0 amide bonds. The van der Waals surface area contributed by atoms with Gasteiger partial charge in [-0.25, -0.2) is 9.78 Å². The zero-order valence-electron chi connectivity index (χ0n) is 14.9. The Morgan fingerprint density at radius 3 is 2.73 bits per heavy atom. The second-order valence-corrected chi connectivity index (χ2v) is 7.04. The summed E-state index contributed by atoms with van der Waals surface area (Å²) in [5.74, 6) is -0.696. The van der Waals surface area contributed by atoms with Crippen LogP contribution in [0.3, 0.4) is 0 Å². The Morgan fingerprint density at radius 1 is 1.15 bits per heavy atom. The van der Waals surface area contributed by atoms with Gasteiger partial charge in [-0.3, -0.25) is 4.57 Å².